The molecule has 2 aromatic rings. The van der Waals surface area contributed by atoms with Crippen molar-refractivity contribution in [3.63, 3.8) is 0 Å². The van der Waals surface area contributed by atoms with Crippen molar-refractivity contribution in [1.29, 1.82) is 5.26 Å². The van der Waals surface area contributed by atoms with Crippen LogP contribution < -0.4 is 4.74 Å². The molecule has 0 radical (unpaired) electrons. The predicted octanol–water partition coefficient (Wildman–Crippen LogP) is 3.65. The second kappa shape index (κ2) is 5.21. The number of pyridine rings is 1. The fourth-order valence-electron chi connectivity index (χ4n) is 1.80. The van der Waals surface area contributed by atoms with Crippen LogP contribution in [0.15, 0.2) is 36.7 Å². The number of benzene rings is 1. The number of aromatic nitrogens is 1. The van der Waals surface area contributed by atoms with E-state index in [-0.39, 0.29) is 11.1 Å². The summed E-state index contributed by atoms with van der Waals surface area (Å²) in [6.07, 6.45) is -1.64. The molecular weight excluding hydrogens is 269 g/mol. The average molecular weight is 278 g/mol. The van der Waals surface area contributed by atoms with Gasteiger partial charge in [-0.25, -0.2) is 0 Å². The first-order chi connectivity index (χ1) is 9.47. The minimum atomic E-state index is -4.47. The van der Waals surface area contributed by atoms with Crippen molar-refractivity contribution in [3.8, 4) is 22.9 Å². The van der Waals surface area contributed by atoms with Crippen LogP contribution in [-0.2, 0) is 6.18 Å². The lowest BCUT2D eigenvalue weighted by molar-refractivity contribution is -0.137. The maximum absolute atomic E-state index is 12.8. The van der Waals surface area contributed by atoms with Crippen LogP contribution in [0.5, 0.6) is 5.75 Å². The number of hydrogen-bond donors (Lipinski definition) is 0. The van der Waals surface area contributed by atoms with Gasteiger partial charge >= 0.3 is 6.18 Å². The molecule has 102 valence electrons. The van der Waals surface area contributed by atoms with Crippen LogP contribution in [0.2, 0.25) is 0 Å². The molecular formula is C14H9F3N2O. The van der Waals surface area contributed by atoms with Gasteiger partial charge in [-0.1, -0.05) is 0 Å². The number of alkyl halides is 3. The SMILES string of the molecule is COc1ccncc1-c1cc(C(F)(F)F)ccc1C#N. The Bertz CT molecular complexity index is 675. The highest BCUT2D eigenvalue weighted by Gasteiger charge is 2.31. The van der Waals surface area contributed by atoms with Crippen molar-refractivity contribution in [2.75, 3.05) is 7.11 Å². The summed E-state index contributed by atoms with van der Waals surface area (Å²) in [6.45, 7) is 0. The van der Waals surface area contributed by atoms with E-state index in [9.17, 15) is 13.2 Å². The van der Waals surface area contributed by atoms with Crippen molar-refractivity contribution in [3.05, 3.63) is 47.8 Å². The van der Waals surface area contributed by atoms with Gasteiger partial charge in [0.25, 0.3) is 0 Å². The van der Waals surface area contributed by atoms with Crippen LogP contribution >= 0.6 is 0 Å². The summed E-state index contributed by atoms with van der Waals surface area (Å²) in [5.74, 6) is 0.357. The Balaban J connectivity index is 2.69. The average Bonchev–Trinajstić information content (AvgIpc) is 2.45. The lowest BCUT2D eigenvalue weighted by atomic mass is 9.98. The van der Waals surface area contributed by atoms with Crippen molar-refractivity contribution in [2.45, 2.75) is 6.18 Å². The van der Waals surface area contributed by atoms with E-state index in [4.69, 9.17) is 10.00 Å². The normalized spacial score (nSPS) is 10.9. The number of halogens is 3. The second-order valence-electron chi connectivity index (χ2n) is 3.95. The molecule has 1 heterocycles. The summed E-state index contributed by atoms with van der Waals surface area (Å²) >= 11 is 0. The molecule has 6 heteroatoms. The molecule has 0 spiro atoms. The Morgan fingerprint density at radius 3 is 2.55 bits per heavy atom. The van der Waals surface area contributed by atoms with Crippen LogP contribution in [0, 0.1) is 11.3 Å². The molecule has 0 aliphatic carbocycles. The highest BCUT2D eigenvalue weighted by atomic mass is 19.4. The standard InChI is InChI=1S/C14H9F3N2O/c1-20-13-4-5-19-8-12(13)11-6-10(14(15,16)17)3-2-9(11)7-18/h2-6,8H,1H3. The zero-order valence-corrected chi connectivity index (χ0v) is 10.4. The topological polar surface area (TPSA) is 45.9 Å². The predicted molar refractivity (Wildman–Crippen MR) is 65.9 cm³/mol. The van der Waals surface area contributed by atoms with E-state index in [0.717, 1.165) is 18.2 Å². The van der Waals surface area contributed by atoms with Crippen molar-refractivity contribution in [2.24, 2.45) is 0 Å². The Morgan fingerprint density at radius 2 is 1.95 bits per heavy atom. The summed E-state index contributed by atoms with van der Waals surface area (Å²) in [7, 11) is 1.40. The molecule has 0 bridgehead atoms. The highest BCUT2D eigenvalue weighted by Crippen LogP contribution is 2.36. The van der Waals surface area contributed by atoms with Crippen molar-refractivity contribution >= 4 is 0 Å². The van der Waals surface area contributed by atoms with Gasteiger partial charge in [0.2, 0.25) is 0 Å². The molecule has 0 unspecified atom stereocenters. The second-order valence-corrected chi connectivity index (χ2v) is 3.95. The van der Waals surface area contributed by atoms with E-state index in [1.807, 2.05) is 6.07 Å². The van der Waals surface area contributed by atoms with E-state index in [0.29, 0.717) is 11.3 Å². The van der Waals surface area contributed by atoms with Gasteiger partial charge in [0.05, 0.1) is 24.3 Å². The molecule has 0 N–H and O–H groups in total. The molecule has 20 heavy (non-hydrogen) atoms. The minimum Gasteiger partial charge on any atom is -0.496 e. The van der Waals surface area contributed by atoms with E-state index < -0.39 is 11.7 Å². The summed E-state index contributed by atoms with van der Waals surface area (Å²) in [4.78, 5) is 3.87. The number of nitrogens with zero attached hydrogens (tertiary/aromatic N) is 2. The van der Waals surface area contributed by atoms with Crippen LogP contribution in [0.4, 0.5) is 13.2 Å². The van der Waals surface area contributed by atoms with Gasteiger partial charge in [-0.3, -0.25) is 4.98 Å². The summed E-state index contributed by atoms with van der Waals surface area (Å²) in [5.41, 5.74) is -0.202. The third-order valence-corrected chi connectivity index (χ3v) is 2.76. The maximum Gasteiger partial charge on any atom is 0.416 e. The van der Waals surface area contributed by atoms with Gasteiger partial charge in [-0.05, 0) is 24.3 Å². The van der Waals surface area contributed by atoms with Crippen LogP contribution in [0.25, 0.3) is 11.1 Å². The quantitative estimate of drug-likeness (QED) is 0.842. The van der Waals surface area contributed by atoms with Gasteiger partial charge in [0.15, 0.2) is 0 Å². The molecule has 0 saturated heterocycles. The van der Waals surface area contributed by atoms with Crippen LogP contribution in [-0.4, -0.2) is 12.1 Å². The summed E-state index contributed by atoms with van der Waals surface area (Å²) in [5, 5.41) is 9.04. The van der Waals surface area contributed by atoms with E-state index in [1.165, 1.54) is 25.6 Å². The zero-order valence-electron chi connectivity index (χ0n) is 10.4. The Hall–Kier alpha value is -2.55. The van der Waals surface area contributed by atoms with Gasteiger partial charge in [0, 0.05) is 23.5 Å². The van der Waals surface area contributed by atoms with Gasteiger partial charge in [-0.2, -0.15) is 18.4 Å². The first-order valence-electron chi connectivity index (χ1n) is 5.57. The van der Waals surface area contributed by atoms with Crippen molar-refractivity contribution in [1.82, 2.24) is 4.98 Å². The molecule has 0 amide bonds. The summed E-state index contributed by atoms with van der Waals surface area (Å²) in [6, 6.07) is 6.35. The summed E-state index contributed by atoms with van der Waals surface area (Å²) < 4.78 is 43.4. The van der Waals surface area contributed by atoms with Gasteiger partial charge < -0.3 is 4.74 Å². The zero-order chi connectivity index (χ0) is 14.8. The molecule has 1 aromatic heterocycles. The third-order valence-electron chi connectivity index (χ3n) is 2.76. The molecule has 0 atom stereocenters. The van der Waals surface area contributed by atoms with E-state index in [1.54, 1.807) is 0 Å². The number of hydrogen-bond acceptors (Lipinski definition) is 3. The molecule has 0 aliphatic rings. The lowest BCUT2D eigenvalue weighted by Gasteiger charge is -2.12. The molecule has 3 nitrogen and oxygen atoms in total. The number of rotatable bonds is 2. The fourth-order valence-corrected chi connectivity index (χ4v) is 1.80. The Labute approximate surface area is 113 Å². The van der Waals surface area contributed by atoms with Gasteiger partial charge in [0.1, 0.15) is 5.75 Å². The molecule has 1 aromatic carbocycles. The third kappa shape index (κ3) is 2.57. The first-order valence-corrected chi connectivity index (χ1v) is 5.57. The fraction of sp³-hybridized carbons (Fsp3) is 0.143. The lowest BCUT2D eigenvalue weighted by Crippen LogP contribution is -2.05. The largest absolute Gasteiger partial charge is 0.496 e. The Kier molecular flexibility index (Phi) is 3.61. The van der Waals surface area contributed by atoms with E-state index >= 15 is 0 Å². The smallest absolute Gasteiger partial charge is 0.416 e. The van der Waals surface area contributed by atoms with Crippen molar-refractivity contribution < 1.29 is 17.9 Å². The number of methoxy groups -OCH3 is 1. The van der Waals surface area contributed by atoms with Crippen LogP contribution in [0.1, 0.15) is 11.1 Å². The monoisotopic (exact) mass is 278 g/mol. The van der Waals surface area contributed by atoms with Crippen LogP contribution in [0.3, 0.4) is 0 Å². The molecule has 2 rings (SSSR count). The van der Waals surface area contributed by atoms with Gasteiger partial charge in [-0.15, -0.1) is 0 Å². The first kappa shape index (κ1) is 13.9. The number of ether oxygens (including phenoxy) is 1. The minimum absolute atomic E-state index is 0.129. The molecule has 0 aliphatic heterocycles. The highest BCUT2D eigenvalue weighted by molar-refractivity contribution is 5.75. The van der Waals surface area contributed by atoms with E-state index in [2.05, 4.69) is 4.98 Å². The molecule has 0 fully saturated rings. The number of nitriles is 1. The maximum atomic E-state index is 12.8. The molecule has 0 saturated carbocycles. The Morgan fingerprint density at radius 1 is 1.20 bits per heavy atom.